The van der Waals surface area contributed by atoms with Crippen molar-refractivity contribution in [3.05, 3.63) is 27.0 Å². The van der Waals surface area contributed by atoms with Gasteiger partial charge in [-0.3, -0.25) is 19.6 Å². The van der Waals surface area contributed by atoms with Crippen molar-refractivity contribution in [3.63, 3.8) is 0 Å². The van der Waals surface area contributed by atoms with E-state index in [0.29, 0.717) is 0 Å². The zero-order chi connectivity index (χ0) is 8.55. The highest BCUT2D eigenvalue weighted by Crippen LogP contribution is 1.90. The second kappa shape index (κ2) is 2.22. The Kier molecular flexibility index (Phi) is 1.23. The van der Waals surface area contributed by atoms with Crippen molar-refractivity contribution in [3.8, 4) is 0 Å². The van der Waals surface area contributed by atoms with Crippen molar-refractivity contribution in [1.82, 2.24) is 25.1 Å². The van der Waals surface area contributed by atoms with Gasteiger partial charge in [-0.25, -0.2) is 4.98 Å². The SMILES string of the molecule is O=c1[nH]c2ncnnc2[nH]c1=O. The van der Waals surface area contributed by atoms with E-state index in [1.165, 1.54) is 6.33 Å². The summed E-state index contributed by atoms with van der Waals surface area (Å²) in [5, 5.41) is 6.98. The van der Waals surface area contributed by atoms with Crippen LogP contribution in [0.1, 0.15) is 0 Å². The highest BCUT2D eigenvalue weighted by atomic mass is 16.2. The van der Waals surface area contributed by atoms with Crippen molar-refractivity contribution in [1.29, 1.82) is 0 Å². The Balaban J connectivity index is 3.03. The number of aromatic nitrogens is 5. The third-order valence-corrected chi connectivity index (χ3v) is 1.29. The molecule has 0 aromatic carbocycles. The predicted octanol–water partition coefficient (Wildman–Crippen LogP) is -1.60. The molecule has 7 heteroatoms. The lowest BCUT2D eigenvalue weighted by molar-refractivity contribution is 0.965. The molecule has 0 spiro atoms. The molecule has 7 nitrogen and oxygen atoms in total. The lowest BCUT2D eigenvalue weighted by atomic mass is 10.6. The van der Waals surface area contributed by atoms with Gasteiger partial charge in [0.1, 0.15) is 6.33 Å². The van der Waals surface area contributed by atoms with Gasteiger partial charge in [-0.05, 0) is 0 Å². The first-order valence-electron chi connectivity index (χ1n) is 3.07. The van der Waals surface area contributed by atoms with E-state index >= 15 is 0 Å². The lowest BCUT2D eigenvalue weighted by Gasteiger charge is -1.90. The monoisotopic (exact) mass is 165 g/mol. The number of rotatable bonds is 0. The van der Waals surface area contributed by atoms with E-state index in [4.69, 9.17) is 0 Å². The van der Waals surface area contributed by atoms with Crippen molar-refractivity contribution in [2.24, 2.45) is 0 Å². The van der Waals surface area contributed by atoms with Gasteiger partial charge < -0.3 is 0 Å². The van der Waals surface area contributed by atoms with Crippen molar-refractivity contribution in [2.45, 2.75) is 0 Å². The molecular weight excluding hydrogens is 162 g/mol. The summed E-state index contributed by atoms with van der Waals surface area (Å²) < 4.78 is 0. The van der Waals surface area contributed by atoms with Crippen LogP contribution in [0.25, 0.3) is 11.3 Å². The maximum absolute atomic E-state index is 10.7. The van der Waals surface area contributed by atoms with Gasteiger partial charge in [0, 0.05) is 0 Å². The summed E-state index contributed by atoms with van der Waals surface area (Å²) in [4.78, 5) is 29.6. The van der Waals surface area contributed by atoms with Crippen molar-refractivity contribution in [2.75, 3.05) is 0 Å². The van der Waals surface area contributed by atoms with Gasteiger partial charge >= 0.3 is 11.1 Å². The minimum Gasteiger partial charge on any atom is -0.299 e. The third-order valence-electron chi connectivity index (χ3n) is 1.29. The summed E-state index contributed by atoms with van der Waals surface area (Å²) in [6.07, 6.45) is 1.18. The quantitative estimate of drug-likeness (QED) is 0.457. The van der Waals surface area contributed by atoms with Gasteiger partial charge in [-0.2, -0.15) is 0 Å². The molecule has 0 bridgehead atoms. The van der Waals surface area contributed by atoms with Gasteiger partial charge in [0.15, 0.2) is 11.3 Å². The minimum atomic E-state index is -0.759. The molecule has 2 aromatic rings. The Labute approximate surface area is 64.5 Å². The van der Waals surface area contributed by atoms with Crippen LogP contribution in [0.4, 0.5) is 0 Å². The molecule has 12 heavy (non-hydrogen) atoms. The number of H-pyrrole nitrogens is 2. The second-order valence-corrected chi connectivity index (χ2v) is 2.07. The molecule has 60 valence electrons. The number of nitrogens with zero attached hydrogens (tertiary/aromatic N) is 3. The topological polar surface area (TPSA) is 104 Å². The molecule has 2 aromatic heterocycles. The van der Waals surface area contributed by atoms with Gasteiger partial charge in [0.25, 0.3) is 0 Å². The predicted molar refractivity (Wildman–Crippen MR) is 38.6 cm³/mol. The van der Waals surface area contributed by atoms with E-state index in [1.54, 1.807) is 0 Å². The first-order chi connectivity index (χ1) is 5.77. The van der Waals surface area contributed by atoms with E-state index < -0.39 is 11.1 Å². The maximum atomic E-state index is 10.7. The molecular formula is C5H3N5O2. The standard InChI is InChI=1S/C5H3N5O2/c11-4-5(12)9-3-2(8-4)6-1-7-10-3/h1H,(H,9,10,12)(H,6,7,8,11). The number of hydrogen-bond acceptors (Lipinski definition) is 5. The molecule has 0 aliphatic rings. The summed E-state index contributed by atoms with van der Waals surface area (Å²) in [6.45, 7) is 0. The molecule has 0 unspecified atom stereocenters. The summed E-state index contributed by atoms with van der Waals surface area (Å²) in [5.74, 6) is 0. The molecule has 2 heterocycles. The lowest BCUT2D eigenvalue weighted by Crippen LogP contribution is -2.29. The number of hydrogen-bond donors (Lipinski definition) is 2. The first kappa shape index (κ1) is 6.65. The van der Waals surface area contributed by atoms with Gasteiger partial charge in [0.05, 0.1) is 0 Å². The van der Waals surface area contributed by atoms with Crippen LogP contribution in [-0.2, 0) is 0 Å². The Morgan fingerprint density at radius 3 is 2.50 bits per heavy atom. The van der Waals surface area contributed by atoms with Crippen LogP contribution in [-0.4, -0.2) is 25.1 Å². The molecule has 0 radical (unpaired) electrons. The molecule has 2 rings (SSSR count). The molecule has 0 aliphatic carbocycles. The second-order valence-electron chi connectivity index (χ2n) is 2.07. The average Bonchev–Trinajstić information content (AvgIpc) is 2.07. The Morgan fingerprint density at radius 2 is 1.75 bits per heavy atom. The fraction of sp³-hybridized carbons (Fsp3) is 0. The summed E-state index contributed by atoms with van der Waals surface area (Å²) in [5.41, 5.74) is -1.12. The molecule has 0 saturated heterocycles. The Morgan fingerprint density at radius 1 is 1.08 bits per heavy atom. The van der Waals surface area contributed by atoms with E-state index in [-0.39, 0.29) is 11.3 Å². The molecule has 0 atom stereocenters. The highest BCUT2D eigenvalue weighted by molar-refractivity contribution is 5.61. The normalized spacial score (nSPS) is 10.3. The number of fused-ring (bicyclic) bond motifs is 1. The fourth-order valence-electron chi connectivity index (χ4n) is 0.780. The maximum Gasteiger partial charge on any atom is 0.315 e. The number of aromatic amines is 2. The van der Waals surface area contributed by atoms with Crippen molar-refractivity contribution >= 4 is 11.3 Å². The van der Waals surface area contributed by atoms with Gasteiger partial charge in [-0.1, -0.05) is 0 Å². The Bertz CT molecular complexity index is 478. The van der Waals surface area contributed by atoms with Crippen LogP contribution < -0.4 is 11.1 Å². The molecule has 0 aliphatic heterocycles. The minimum absolute atomic E-state index is 0.169. The molecule has 0 saturated carbocycles. The molecule has 2 N–H and O–H groups in total. The van der Waals surface area contributed by atoms with E-state index in [1.807, 2.05) is 0 Å². The zero-order valence-corrected chi connectivity index (χ0v) is 5.74. The van der Waals surface area contributed by atoms with Crippen LogP contribution in [0.2, 0.25) is 0 Å². The van der Waals surface area contributed by atoms with Crippen molar-refractivity contribution < 1.29 is 0 Å². The number of nitrogens with one attached hydrogen (secondary N) is 2. The van der Waals surface area contributed by atoms with Gasteiger partial charge in [-0.15, -0.1) is 10.2 Å². The molecule has 0 amide bonds. The summed E-state index contributed by atoms with van der Waals surface area (Å²) >= 11 is 0. The van der Waals surface area contributed by atoms with Crippen LogP contribution in [0, 0.1) is 0 Å². The fourth-order valence-corrected chi connectivity index (χ4v) is 0.780. The van der Waals surface area contributed by atoms with Crippen LogP contribution in [0.3, 0.4) is 0 Å². The van der Waals surface area contributed by atoms with Crippen LogP contribution in [0.5, 0.6) is 0 Å². The average molecular weight is 165 g/mol. The van der Waals surface area contributed by atoms with Crippen LogP contribution >= 0.6 is 0 Å². The zero-order valence-electron chi connectivity index (χ0n) is 5.74. The van der Waals surface area contributed by atoms with Crippen LogP contribution in [0.15, 0.2) is 15.9 Å². The van der Waals surface area contributed by atoms with Gasteiger partial charge in [0.2, 0.25) is 0 Å². The van der Waals surface area contributed by atoms with E-state index in [9.17, 15) is 9.59 Å². The molecule has 0 fully saturated rings. The first-order valence-corrected chi connectivity index (χ1v) is 3.07. The third kappa shape index (κ3) is 0.875. The summed E-state index contributed by atoms with van der Waals surface area (Å²) in [6, 6.07) is 0. The Hall–Kier alpha value is -2.05. The highest BCUT2D eigenvalue weighted by Gasteiger charge is 1.99. The van der Waals surface area contributed by atoms with E-state index in [0.717, 1.165) is 0 Å². The van der Waals surface area contributed by atoms with E-state index in [2.05, 4.69) is 25.1 Å². The largest absolute Gasteiger partial charge is 0.315 e. The smallest absolute Gasteiger partial charge is 0.299 e. The summed E-state index contributed by atoms with van der Waals surface area (Å²) in [7, 11) is 0.